The minimum absolute atomic E-state index is 0.0243. The van der Waals surface area contributed by atoms with Gasteiger partial charge in [0.25, 0.3) is 0 Å². The topological polar surface area (TPSA) is 29.5 Å². The first-order valence-electron chi connectivity index (χ1n) is 6.33. The molecule has 0 amide bonds. The van der Waals surface area contributed by atoms with Gasteiger partial charge in [0, 0.05) is 10.0 Å². The summed E-state index contributed by atoms with van der Waals surface area (Å²) in [6.07, 6.45) is 1.04. The minimum atomic E-state index is -0.0243. The van der Waals surface area contributed by atoms with Crippen LogP contribution in [0.1, 0.15) is 23.6 Å². The Morgan fingerprint density at radius 2 is 1.74 bits per heavy atom. The van der Waals surface area contributed by atoms with Crippen LogP contribution < -0.4 is 4.74 Å². The zero-order chi connectivity index (χ0) is 13.7. The van der Waals surface area contributed by atoms with E-state index in [2.05, 4.69) is 47.1 Å². The average Bonchev–Trinajstić information content (AvgIpc) is 2.46. The molecule has 0 radical (unpaired) electrons. The van der Waals surface area contributed by atoms with E-state index < -0.39 is 0 Å². The molecule has 2 aromatic carbocycles. The van der Waals surface area contributed by atoms with Gasteiger partial charge in [-0.15, -0.1) is 0 Å². The molecule has 3 heteroatoms. The van der Waals surface area contributed by atoms with Crippen molar-refractivity contribution in [3.8, 4) is 5.75 Å². The number of aliphatic hydroxyl groups is 1. The summed E-state index contributed by atoms with van der Waals surface area (Å²) in [5.41, 5.74) is 3.24. The van der Waals surface area contributed by atoms with Crippen molar-refractivity contribution in [3.63, 3.8) is 0 Å². The van der Waals surface area contributed by atoms with E-state index >= 15 is 0 Å². The summed E-state index contributed by atoms with van der Waals surface area (Å²) >= 11 is 3.38. The predicted molar refractivity (Wildman–Crippen MR) is 80.2 cm³/mol. The number of aryl methyl sites for hydroxylation is 1. The monoisotopic (exact) mass is 320 g/mol. The number of hydrogen-bond donors (Lipinski definition) is 1. The molecule has 0 aliphatic heterocycles. The lowest BCUT2D eigenvalue weighted by Gasteiger charge is -2.11. The Labute approximate surface area is 122 Å². The lowest BCUT2D eigenvalue weighted by Crippen LogP contribution is -1.99. The van der Waals surface area contributed by atoms with Crippen molar-refractivity contribution in [2.45, 2.75) is 26.6 Å². The highest BCUT2D eigenvalue weighted by molar-refractivity contribution is 9.10. The Bertz CT molecular complexity index is 535. The Hall–Kier alpha value is -1.32. The molecule has 0 aromatic heterocycles. The number of benzene rings is 2. The molecule has 0 aliphatic rings. The summed E-state index contributed by atoms with van der Waals surface area (Å²) in [5.74, 6) is 0.727. The molecule has 0 fully saturated rings. The van der Waals surface area contributed by atoms with Crippen molar-refractivity contribution in [2.24, 2.45) is 0 Å². The largest absolute Gasteiger partial charge is 0.489 e. The summed E-state index contributed by atoms with van der Waals surface area (Å²) in [4.78, 5) is 0. The van der Waals surface area contributed by atoms with Crippen LogP contribution in [0, 0.1) is 0 Å². The van der Waals surface area contributed by atoms with E-state index in [1.807, 2.05) is 18.2 Å². The molecule has 0 atom stereocenters. The van der Waals surface area contributed by atoms with Crippen molar-refractivity contribution in [2.75, 3.05) is 0 Å². The number of rotatable bonds is 5. The van der Waals surface area contributed by atoms with Crippen LogP contribution in [0.15, 0.2) is 46.9 Å². The maximum absolute atomic E-state index is 9.31. The van der Waals surface area contributed by atoms with Crippen LogP contribution in [0.2, 0.25) is 0 Å². The zero-order valence-corrected chi connectivity index (χ0v) is 12.5. The van der Waals surface area contributed by atoms with Crippen molar-refractivity contribution in [1.29, 1.82) is 0 Å². The Balaban J connectivity index is 2.05. The molecule has 0 heterocycles. The maximum Gasteiger partial charge on any atom is 0.125 e. The van der Waals surface area contributed by atoms with E-state index in [0.29, 0.717) is 6.61 Å². The first kappa shape index (κ1) is 14.1. The van der Waals surface area contributed by atoms with Gasteiger partial charge in [0.15, 0.2) is 0 Å². The molecule has 0 saturated heterocycles. The van der Waals surface area contributed by atoms with Gasteiger partial charge < -0.3 is 9.84 Å². The van der Waals surface area contributed by atoms with Gasteiger partial charge in [-0.1, -0.05) is 47.1 Å². The molecular formula is C16H17BrO2. The Morgan fingerprint density at radius 3 is 2.37 bits per heavy atom. The van der Waals surface area contributed by atoms with Gasteiger partial charge in [-0.05, 0) is 35.7 Å². The second-order valence-corrected chi connectivity index (χ2v) is 5.28. The van der Waals surface area contributed by atoms with Gasteiger partial charge in [-0.25, -0.2) is 0 Å². The van der Waals surface area contributed by atoms with Crippen LogP contribution in [0.5, 0.6) is 5.75 Å². The second-order valence-electron chi connectivity index (χ2n) is 4.37. The smallest absolute Gasteiger partial charge is 0.125 e. The van der Waals surface area contributed by atoms with Gasteiger partial charge in [0.2, 0.25) is 0 Å². The molecule has 0 unspecified atom stereocenters. The molecule has 0 spiro atoms. The average molecular weight is 321 g/mol. The lowest BCUT2D eigenvalue weighted by molar-refractivity contribution is 0.259. The molecule has 2 aromatic rings. The predicted octanol–water partition coefficient (Wildman–Crippen LogP) is 4.08. The fraction of sp³-hybridized carbons (Fsp3) is 0.250. The molecular weight excluding hydrogens is 304 g/mol. The van der Waals surface area contributed by atoms with Gasteiger partial charge >= 0.3 is 0 Å². The zero-order valence-electron chi connectivity index (χ0n) is 10.9. The molecule has 1 N–H and O–H groups in total. The van der Waals surface area contributed by atoms with Crippen molar-refractivity contribution in [3.05, 3.63) is 63.6 Å². The van der Waals surface area contributed by atoms with Crippen molar-refractivity contribution in [1.82, 2.24) is 0 Å². The van der Waals surface area contributed by atoms with Crippen molar-refractivity contribution >= 4 is 15.9 Å². The number of aliphatic hydroxyl groups excluding tert-OH is 1. The summed E-state index contributed by atoms with van der Waals surface area (Å²) in [5, 5.41) is 9.31. The maximum atomic E-state index is 9.31. The van der Waals surface area contributed by atoms with E-state index in [9.17, 15) is 5.11 Å². The number of halogens is 1. The number of ether oxygens (including phenoxy) is 1. The van der Waals surface area contributed by atoms with Crippen LogP contribution in [0.3, 0.4) is 0 Å². The quantitative estimate of drug-likeness (QED) is 0.899. The highest BCUT2D eigenvalue weighted by Crippen LogP contribution is 2.24. The lowest BCUT2D eigenvalue weighted by atomic mass is 10.1. The third kappa shape index (κ3) is 3.82. The standard InChI is InChI=1S/C16H17BrO2/c1-2-12-3-5-13(6-4-12)11-19-16-8-7-15(17)9-14(16)10-18/h3-9,18H,2,10-11H2,1H3. The van der Waals surface area contributed by atoms with Crippen molar-refractivity contribution < 1.29 is 9.84 Å². The van der Waals surface area contributed by atoms with E-state index in [1.54, 1.807) is 0 Å². The van der Waals surface area contributed by atoms with Crippen LogP contribution in [0.25, 0.3) is 0 Å². The molecule has 0 saturated carbocycles. The van der Waals surface area contributed by atoms with Gasteiger partial charge in [0.05, 0.1) is 6.61 Å². The first-order valence-corrected chi connectivity index (χ1v) is 7.12. The SMILES string of the molecule is CCc1ccc(COc2ccc(Br)cc2CO)cc1. The molecule has 2 nitrogen and oxygen atoms in total. The molecule has 0 aliphatic carbocycles. The van der Waals surface area contributed by atoms with E-state index in [4.69, 9.17) is 4.74 Å². The first-order chi connectivity index (χ1) is 9.22. The van der Waals surface area contributed by atoms with Crippen LogP contribution in [0.4, 0.5) is 0 Å². The molecule has 2 rings (SSSR count). The number of hydrogen-bond acceptors (Lipinski definition) is 2. The summed E-state index contributed by atoms with van der Waals surface area (Å²) in [7, 11) is 0. The Morgan fingerprint density at radius 1 is 1.05 bits per heavy atom. The third-order valence-corrected chi connectivity index (χ3v) is 3.51. The fourth-order valence-corrected chi connectivity index (χ4v) is 2.25. The highest BCUT2D eigenvalue weighted by Gasteiger charge is 2.04. The van der Waals surface area contributed by atoms with Crippen LogP contribution in [-0.2, 0) is 19.6 Å². The van der Waals surface area contributed by atoms with E-state index in [1.165, 1.54) is 5.56 Å². The van der Waals surface area contributed by atoms with Crippen LogP contribution in [-0.4, -0.2) is 5.11 Å². The highest BCUT2D eigenvalue weighted by atomic mass is 79.9. The van der Waals surface area contributed by atoms with E-state index in [-0.39, 0.29) is 6.61 Å². The molecule has 19 heavy (non-hydrogen) atoms. The van der Waals surface area contributed by atoms with E-state index in [0.717, 1.165) is 27.8 Å². The van der Waals surface area contributed by atoms with Crippen LogP contribution >= 0.6 is 15.9 Å². The molecule has 0 bridgehead atoms. The summed E-state index contributed by atoms with van der Waals surface area (Å²) in [6.45, 7) is 2.63. The summed E-state index contributed by atoms with van der Waals surface area (Å²) in [6, 6.07) is 14.0. The minimum Gasteiger partial charge on any atom is -0.489 e. The Kier molecular flexibility index (Phi) is 5.00. The van der Waals surface area contributed by atoms with Gasteiger partial charge in [-0.2, -0.15) is 0 Å². The second kappa shape index (κ2) is 6.73. The van der Waals surface area contributed by atoms with Gasteiger partial charge in [0.1, 0.15) is 12.4 Å². The normalized spacial score (nSPS) is 10.5. The fourth-order valence-electron chi connectivity index (χ4n) is 1.84. The third-order valence-electron chi connectivity index (χ3n) is 3.02. The molecule has 100 valence electrons. The van der Waals surface area contributed by atoms with Gasteiger partial charge in [-0.3, -0.25) is 0 Å². The summed E-state index contributed by atoms with van der Waals surface area (Å²) < 4.78 is 6.70.